The minimum atomic E-state index is 0.668. The van der Waals surface area contributed by atoms with E-state index < -0.39 is 0 Å². The normalized spacial score (nSPS) is 13.6. The second kappa shape index (κ2) is 7.73. The van der Waals surface area contributed by atoms with Crippen LogP contribution in [0.25, 0.3) is 0 Å². The Morgan fingerprint density at radius 2 is 2.21 bits per heavy atom. The number of fused-ring (bicyclic) bond motifs is 1. The van der Waals surface area contributed by atoms with E-state index in [1.165, 1.54) is 11.1 Å². The molecule has 1 aromatic rings. The van der Waals surface area contributed by atoms with Gasteiger partial charge >= 0.3 is 0 Å². The molecule has 1 heterocycles. The number of alkyl halides is 1. The number of rotatable bonds is 8. The van der Waals surface area contributed by atoms with E-state index >= 15 is 0 Å². The molecule has 2 rings (SSSR count). The molecule has 4 heteroatoms. The number of ether oxygens (including phenoxy) is 2. The van der Waals surface area contributed by atoms with Gasteiger partial charge in [-0.1, -0.05) is 12.1 Å². The quantitative estimate of drug-likeness (QED) is 0.684. The van der Waals surface area contributed by atoms with Crippen LogP contribution in [0.4, 0.5) is 0 Å². The Morgan fingerprint density at radius 3 is 3.00 bits per heavy atom. The molecule has 0 saturated heterocycles. The molecule has 0 fully saturated rings. The van der Waals surface area contributed by atoms with E-state index in [9.17, 15) is 0 Å². The van der Waals surface area contributed by atoms with Gasteiger partial charge in [0.25, 0.3) is 0 Å². The third-order valence-electron chi connectivity index (χ3n) is 3.48. The van der Waals surface area contributed by atoms with Gasteiger partial charge in [-0.2, -0.15) is 0 Å². The molecule has 1 aliphatic rings. The molecular weight excluding hydrogens is 262 g/mol. The third kappa shape index (κ3) is 4.37. The first-order chi connectivity index (χ1) is 9.33. The lowest BCUT2D eigenvalue weighted by Crippen LogP contribution is -2.31. The first-order valence-electron chi connectivity index (χ1n) is 6.85. The van der Waals surface area contributed by atoms with E-state index in [0.29, 0.717) is 5.88 Å². The molecule has 106 valence electrons. The van der Waals surface area contributed by atoms with Crippen molar-refractivity contribution in [1.82, 2.24) is 4.90 Å². The van der Waals surface area contributed by atoms with Crippen molar-refractivity contribution >= 4 is 11.6 Å². The molecule has 0 aliphatic carbocycles. The highest BCUT2D eigenvalue weighted by Crippen LogP contribution is 2.26. The monoisotopic (exact) mass is 283 g/mol. The van der Waals surface area contributed by atoms with E-state index in [0.717, 1.165) is 51.4 Å². The zero-order valence-electron chi connectivity index (χ0n) is 11.5. The first kappa shape index (κ1) is 14.6. The molecule has 1 aliphatic heterocycles. The smallest absolute Gasteiger partial charge is 0.122 e. The fraction of sp³-hybridized carbons (Fsp3) is 0.600. The van der Waals surface area contributed by atoms with Crippen molar-refractivity contribution in [3.63, 3.8) is 0 Å². The molecule has 3 nitrogen and oxygen atoms in total. The first-order valence-corrected chi connectivity index (χ1v) is 7.39. The Balaban J connectivity index is 1.85. The highest BCUT2D eigenvalue weighted by Gasteiger charge is 2.12. The number of nitrogens with zero attached hydrogens (tertiary/aromatic N) is 1. The van der Waals surface area contributed by atoms with Crippen LogP contribution in [0.1, 0.15) is 11.1 Å². The van der Waals surface area contributed by atoms with Crippen molar-refractivity contribution in [3.05, 3.63) is 29.3 Å². The van der Waals surface area contributed by atoms with E-state index in [1.54, 1.807) is 7.11 Å². The second-order valence-electron chi connectivity index (χ2n) is 4.81. The van der Waals surface area contributed by atoms with Crippen molar-refractivity contribution in [3.8, 4) is 5.75 Å². The Labute approximate surface area is 120 Å². The molecule has 0 atom stereocenters. The Hall–Kier alpha value is -0.770. The SMILES string of the molecule is COCCN(CCCl)CCc1ccc2c(c1)CCO2. The highest BCUT2D eigenvalue weighted by molar-refractivity contribution is 6.18. The van der Waals surface area contributed by atoms with Crippen molar-refractivity contribution < 1.29 is 9.47 Å². The molecule has 0 N–H and O–H groups in total. The summed E-state index contributed by atoms with van der Waals surface area (Å²) in [6, 6.07) is 6.54. The molecule has 0 aromatic heterocycles. The molecule has 1 aromatic carbocycles. The molecule has 0 bridgehead atoms. The summed E-state index contributed by atoms with van der Waals surface area (Å²) in [4.78, 5) is 2.35. The van der Waals surface area contributed by atoms with Gasteiger partial charge < -0.3 is 9.47 Å². The van der Waals surface area contributed by atoms with Crippen LogP contribution in [0.2, 0.25) is 0 Å². The molecule has 0 saturated carbocycles. The fourth-order valence-corrected chi connectivity index (χ4v) is 2.60. The summed E-state index contributed by atoms with van der Waals surface area (Å²) in [6.45, 7) is 4.46. The summed E-state index contributed by atoms with van der Waals surface area (Å²) in [5.74, 6) is 1.72. The molecule has 0 spiro atoms. The topological polar surface area (TPSA) is 21.7 Å². The van der Waals surface area contributed by atoms with Gasteiger partial charge in [-0.15, -0.1) is 11.6 Å². The van der Waals surface area contributed by atoms with Crippen LogP contribution in [-0.2, 0) is 17.6 Å². The molecule has 0 unspecified atom stereocenters. The summed E-state index contributed by atoms with van der Waals surface area (Å²) >= 11 is 5.83. The van der Waals surface area contributed by atoms with Crippen LogP contribution < -0.4 is 4.74 Å². The molecular formula is C15H22ClNO2. The van der Waals surface area contributed by atoms with Gasteiger partial charge in [0.15, 0.2) is 0 Å². The Kier molecular flexibility index (Phi) is 5.95. The number of hydrogen-bond acceptors (Lipinski definition) is 3. The van der Waals surface area contributed by atoms with E-state index in [4.69, 9.17) is 21.1 Å². The zero-order chi connectivity index (χ0) is 13.5. The molecule has 0 radical (unpaired) electrons. The minimum Gasteiger partial charge on any atom is -0.493 e. The van der Waals surface area contributed by atoms with Crippen molar-refractivity contribution in [2.45, 2.75) is 12.8 Å². The Bertz CT molecular complexity index is 398. The van der Waals surface area contributed by atoms with Crippen LogP contribution in [0.15, 0.2) is 18.2 Å². The Morgan fingerprint density at radius 1 is 1.32 bits per heavy atom. The second-order valence-corrected chi connectivity index (χ2v) is 5.19. The van der Waals surface area contributed by atoms with Crippen molar-refractivity contribution in [2.75, 3.05) is 45.8 Å². The largest absolute Gasteiger partial charge is 0.493 e. The summed E-state index contributed by atoms with van der Waals surface area (Å²) < 4.78 is 10.7. The lowest BCUT2D eigenvalue weighted by Gasteiger charge is -2.20. The van der Waals surface area contributed by atoms with Crippen molar-refractivity contribution in [2.24, 2.45) is 0 Å². The summed E-state index contributed by atoms with van der Waals surface area (Å²) in [5, 5.41) is 0. The maximum absolute atomic E-state index is 5.83. The van der Waals surface area contributed by atoms with Gasteiger partial charge in [-0.05, 0) is 23.6 Å². The van der Waals surface area contributed by atoms with Gasteiger partial charge in [-0.3, -0.25) is 4.90 Å². The zero-order valence-corrected chi connectivity index (χ0v) is 12.3. The minimum absolute atomic E-state index is 0.668. The predicted octanol–water partition coefficient (Wildman–Crippen LogP) is 2.35. The van der Waals surface area contributed by atoms with Gasteiger partial charge in [0, 0.05) is 39.0 Å². The number of hydrogen-bond donors (Lipinski definition) is 0. The number of methoxy groups -OCH3 is 1. The van der Waals surface area contributed by atoms with E-state index in [-0.39, 0.29) is 0 Å². The van der Waals surface area contributed by atoms with Crippen LogP contribution in [0.5, 0.6) is 5.75 Å². The van der Waals surface area contributed by atoms with Crippen LogP contribution in [-0.4, -0.2) is 50.7 Å². The van der Waals surface area contributed by atoms with Gasteiger partial charge in [-0.25, -0.2) is 0 Å². The molecule has 0 amide bonds. The summed E-state index contributed by atoms with van der Waals surface area (Å²) in [5.41, 5.74) is 2.72. The van der Waals surface area contributed by atoms with Crippen LogP contribution in [0, 0.1) is 0 Å². The highest BCUT2D eigenvalue weighted by atomic mass is 35.5. The fourth-order valence-electron chi connectivity index (χ4n) is 2.36. The van der Waals surface area contributed by atoms with Gasteiger partial charge in [0.05, 0.1) is 13.2 Å². The summed E-state index contributed by atoms with van der Waals surface area (Å²) in [6.07, 6.45) is 2.09. The third-order valence-corrected chi connectivity index (χ3v) is 3.65. The summed E-state index contributed by atoms with van der Waals surface area (Å²) in [7, 11) is 1.74. The van der Waals surface area contributed by atoms with Gasteiger partial charge in [0.2, 0.25) is 0 Å². The maximum atomic E-state index is 5.83. The van der Waals surface area contributed by atoms with Crippen LogP contribution in [0.3, 0.4) is 0 Å². The average molecular weight is 284 g/mol. The number of halogens is 1. The maximum Gasteiger partial charge on any atom is 0.122 e. The number of benzene rings is 1. The van der Waals surface area contributed by atoms with E-state index in [1.807, 2.05) is 0 Å². The standard InChI is InChI=1S/C15H22ClNO2/c1-18-11-9-17(8-6-16)7-4-13-2-3-15-14(12-13)5-10-19-15/h2-3,12H,4-11H2,1H3. The average Bonchev–Trinajstić information content (AvgIpc) is 2.89. The lowest BCUT2D eigenvalue weighted by atomic mass is 10.1. The van der Waals surface area contributed by atoms with Crippen molar-refractivity contribution in [1.29, 1.82) is 0 Å². The van der Waals surface area contributed by atoms with Crippen LogP contribution >= 0.6 is 11.6 Å². The molecule has 19 heavy (non-hydrogen) atoms. The lowest BCUT2D eigenvalue weighted by molar-refractivity contribution is 0.152. The van der Waals surface area contributed by atoms with Gasteiger partial charge in [0.1, 0.15) is 5.75 Å². The van der Waals surface area contributed by atoms with E-state index in [2.05, 4.69) is 23.1 Å². The predicted molar refractivity (Wildman–Crippen MR) is 78.4 cm³/mol.